The SMILES string of the molecule is CC1CN(Cc2ccccc2)CC(C(=O)O)CN1C. The van der Waals surface area contributed by atoms with Crippen molar-refractivity contribution in [1.29, 1.82) is 0 Å². The summed E-state index contributed by atoms with van der Waals surface area (Å²) in [6.45, 7) is 5.14. The fourth-order valence-corrected chi connectivity index (χ4v) is 2.61. The third-order valence-electron chi connectivity index (χ3n) is 3.86. The maximum Gasteiger partial charge on any atom is 0.309 e. The summed E-state index contributed by atoms with van der Waals surface area (Å²) in [5.74, 6) is -1.00. The Hall–Kier alpha value is -1.39. The first kappa shape index (κ1) is 14.0. The lowest BCUT2D eigenvalue weighted by atomic mass is 10.1. The topological polar surface area (TPSA) is 43.8 Å². The highest BCUT2D eigenvalue weighted by Gasteiger charge is 2.29. The van der Waals surface area contributed by atoms with Crippen LogP contribution in [0.4, 0.5) is 0 Å². The van der Waals surface area contributed by atoms with Gasteiger partial charge in [-0.3, -0.25) is 9.69 Å². The van der Waals surface area contributed by atoms with Crippen LogP contribution in [0.1, 0.15) is 12.5 Å². The molecule has 2 rings (SSSR count). The molecule has 2 unspecified atom stereocenters. The van der Waals surface area contributed by atoms with Gasteiger partial charge in [-0.1, -0.05) is 30.3 Å². The first-order valence-electron chi connectivity index (χ1n) is 6.75. The van der Waals surface area contributed by atoms with Crippen LogP contribution in [0.5, 0.6) is 0 Å². The van der Waals surface area contributed by atoms with Gasteiger partial charge in [0.2, 0.25) is 0 Å². The smallest absolute Gasteiger partial charge is 0.309 e. The first-order chi connectivity index (χ1) is 9.06. The van der Waals surface area contributed by atoms with Crippen molar-refractivity contribution in [3.63, 3.8) is 0 Å². The molecule has 2 atom stereocenters. The zero-order valence-corrected chi connectivity index (χ0v) is 11.6. The van der Waals surface area contributed by atoms with Gasteiger partial charge in [0.15, 0.2) is 0 Å². The van der Waals surface area contributed by atoms with Crippen LogP contribution >= 0.6 is 0 Å². The molecule has 19 heavy (non-hydrogen) atoms. The lowest BCUT2D eigenvalue weighted by Gasteiger charge is -2.25. The fraction of sp³-hybridized carbons (Fsp3) is 0.533. The Kier molecular flexibility index (Phi) is 4.56. The number of carboxylic acids is 1. The number of hydrogen-bond acceptors (Lipinski definition) is 3. The molecule has 4 nitrogen and oxygen atoms in total. The van der Waals surface area contributed by atoms with Gasteiger partial charge in [-0.05, 0) is 19.5 Å². The van der Waals surface area contributed by atoms with Crippen molar-refractivity contribution in [2.75, 3.05) is 26.7 Å². The number of benzene rings is 1. The zero-order valence-electron chi connectivity index (χ0n) is 11.6. The van der Waals surface area contributed by atoms with Crippen molar-refractivity contribution in [3.8, 4) is 0 Å². The number of rotatable bonds is 3. The summed E-state index contributed by atoms with van der Waals surface area (Å²) in [6.07, 6.45) is 0. The molecule has 1 heterocycles. The van der Waals surface area contributed by atoms with E-state index in [2.05, 4.69) is 28.9 Å². The van der Waals surface area contributed by atoms with Gasteiger partial charge in [-0.2, -0.15) is 0 Å². The Morgan fingerprint density at radius 1 is 1.26 bits per heavy atom. The van der Waals surface area contributed by atoms with Gasteiger partial charge in [0, 0.05) is 32.2 Å². The Morgan fingerprint density at radius 2 is 1.95 bits per heavy atom. The summed E-state index contributed by atoms with van der Waals surface area (Å²) < 4.78 is 0. The van der Waals surface area contributed by atoms with E-state index in [-0.39, 0.29) is 5.92 Å². The molecule has 0 saturated carbocycles. The summed E-state index contributed by atoms with van der Waals surface area (Å²) in [7, 11) is 2.01. The van der Waals surface area contributed by atoms with E-state index < -0.39 is 5.97 Å². The van der Waals surface area contributed by atoms with E-state index in [0.29, 0.717) is 19.1 Å². The molecular weight excluding hydrogens is 240 g/mol. The van der Waals surface area contributed by atoms with E-state index in [1.807, 2.05) is 25.2 Å². The van der Waals surface area contributed by atoms with Crippen LogP contribution in [-0.2, 0) is 11.3 Å². The highest BCUT2D eigenvalue weighted by atomic mass is 16.4. The quantitative estimate of drug-likeness (QED) is 0.897. The van der Waals surface area contributed by atoms with Crippen LogP contribution in [0.15, 0.2) is 30.3 Å². The van der Waals surface area contributed by atoms with Gasteiger partial charge in [-0.15, -0.1) is 0 Å². The number of aliphatic carboxylic acids is 1. The summed E-state index contributed by atoms with van der Waals surface area (Å²) in [5.41, 5.74) is 1.24. The first-order valence-corrected chi connectivity index (χ1v) is 6.75. The molecule has 0 radical (unpaired) electrons. The summed E-state index contributed by atoms with van der Waals surface area (Å²) >= 11 is 0. The van der Waals surface area contributed by atoms with Crippen LogP contribution < -0.4 is 0 Å². The van der Waals surface area contributed by atoms with Crippen LogP contribution in [0, 0.1) is 5.92 Å². The van der Waals surface area contributed by atoms with Crippen molar-refractivity contribution in [2.45, 2.75) is 19.5 Å². The zero-order chi connectivity index (χ0) is 13.8. The highest BCUT2D eigenvalue weighted by molar-refractivity contribution is 5.70. The van der Waals surface area contributed by atoms with Crippen LogP contribution in [-0.4, -0.2) is 53.6 Å². The maximum atomic E-state index is 11.3. The minimum Gasteiger partial charge on any atom is -0.481 e. The standard InChI is InChI=1S/C15H22N2O2/c1-12-8-17(9-13-6-4-3-5-7-13)11-14(15(18)19)10-16(12)2/h3-7,12,14H,8-11H2,1-2H3,(H,18,19). The van der Waals surface area contributed by atoms with E-state index in [9.17, 15) is 9.90 Å². The molecule has 1 N–H and O–H groups in total. The predicted octanol–water partition coefficient (Wildman–Crippen LogP) is 1.52. The average Bonchev–Trinajstić information content (AvgIpc) is 2.51. The van der Waals surface area contributed by atoms with Gasteiger partial charge >= 0.3 is 5.97 Å². The Balaban J connectivity index is 2.08. The van der Waals surface area contributed by atoms with Crippen LogP contribution in [0.25, 0.3) is 0 Å². The van der Waals surface area contributed by atoms with Gasteiger partial charge in [0.1, 0.15) is 0 Å². The fourth-order valence-electron chi connectivity index (χ4n) is 2.61. The predicted molar refractivity (Wildman–Crippen MR) is 74.9 cm³/mol. The molecule has 1 aromatic rings. The van der Waals surface area contributed by atoms with E-state index >= 15 is 0 Å². The summed E-state index contributed by atoms with van der Waals surface area (Å²) in [5, 5.41) is 9.30. The van der Waals surface area contributed by atoms with Crippen molar-refractivity contribution in [2.24, 2.45) is 5.92 Å². The number of hydrogen-bond donors (Lipinski definition) is 1. The molecule has 0 aromatic heterocycles. The second kappa shape index (κ2) is 6.17. The molecule has 1 saturated heterocycles. The number of likely N-dealkylation sites (N-methyl/N-ethyl adjacent to an activating group) is 1. The molecule has 0 spiro atoms. The molecule has 1 aliphatic heterocycles. The minimum absolute atomic E-state index is 0.307. The summed E-state index contributed by atoms with van der Waals surface area (Å²) in [6, 6.07) is 10.6. The second-order valence-corrected chi connectivity index (χ2v) is 5.50. The Bertz CT molecular complexity index is 421. The summed E-state index contributed by atoms with van der Waals surface area (Å²) in [4.78, 5) is 15.7. The molecule has 1 aromatic carbocycles. The number of carbonyl (C=O) groups is 1. The van der Waals surface area contributed by atoms with Crippen molar-refractivity contribution in [1.82, 2.24) is 9.80 Å². The van der Waals surface area contributed by atoms with Gasteiger partial charge in [-0.25, -0.2) is 0 Å². The van der Waals surface area contributed by atoms with Gasteiger partial charge in [0.05, 0.1) is 5.92 Å². The third-order valence-corrected chi connectivity index (χ3v) is 3.86. The number of nitrogens with zero attached hydrogens (tertiary/aromatic N) is 2. The Labute approximate surface area is 114 Å². The average molecular weight is 262 g/mol. The van der Waals surface area contributed by atoms with Crippen molar-refractivity contribution >= 4 is 5.97 Å². The third kappa shape index (κ3) is 3.78. The van der Waals surface area contributed by atoms with E-state index in [4.69, 9.17) is 0 Å². The maximum absolute atomic E-state index is 11.3. The molecule has 1 fully saturated rings. The van der Waals surface area contributed by atoms with E-state index in [1.54, 1.807) is 0 Å². The second-order valence-electron chi connectivity index (χ2n) is 5.50. The van der Waals surface area contributed by atoms with Crippen molar-refractivity contribution < 1.29 is 9.90 Å². The van der Waals surface area contributed by atoms with Gasteiger partial charge < -0.3 is 10.0 Å². The molecule has 1 aliphatic rings. The monoisotopic (exact) mass is 262 g/mol. The molecule has 4 heteroatoms. The highest BCUT2D eigenvalue weighted by Crippen LogP contribution is 2.15. The molecule has 0 aliphatic carbocycles. The van der Waals surface area contributed by atoms with E-state index in [0.717, 1.165) is 13.1 Å². The van der Waals surface area contributed by atoms with Crippen molar-refractivity contribution in [3.05, 3.63) is 35.9 Å². The lowest BCUT2D eigenvalue weighted by molar-refractivity contribution is -0.142. The van der Waals surface area contributed by atoms with E-state index in [1.165, 1.54) is 5.56 Å². The lowest BCUT2D eigenvalue weighted by Crippen LogP contribution is -2.36. The molecule has 104 valence electrons. The largest absolute Gasteiger partial charge is 0.481 e. The molecule has 0 amide bonds. The normalized spacial score (nSPS) is 26.0. The van der Waals surface area contributed by atoms with Crippen LogP contribution in [0.3, 0.4) is 0 Å². The minimum atomic E-state index is -0.695. The molecular formula is C15H22N2O2. The number of carboxylic acid groups (broad SMARTS) is 1. The Morgan fingerprint density at radius 3 is 2.58 bits per heavy atom. The molecule has 0 bridgehead atoms. The van der Waals surface area contributed by atoms with Gasteiger partial charge in [0.25, 0.3) is 0 Å². The van der Waals surface area contributed by atoms with Crippen LogP contribution in [0.2, 0.25) is 0 Å².